The van der Waals surface area contributed by atoms with E-state index in [9.17, 15) is 4.79 Å². The molecule has 5 aromatic rings. The molecule has 1 amide bonds. The van der Waals surface area contributed by atoms with Gasteiger partial charge in [0.25, 0.3) is 0 Å². The molecule has 2 saturated heterocycles. The van der Waals surface area contributed by atoms with Gasteiger partial charge < -0.3 is 24.3 Å². The van der Waals surface area contributed by atoms with Gasteiger partial charge in [0.2, 0.25) is 5.91 Å². The minimum atomic E-state index is -0.0286. The number of anilines is 2. The Labute approximate surface area is 243 Å². The Morgan fingerprint density at radius 2 is 1.88 bits per heavy atom. The monoisotopic (exact) mass is 561 g/mol. The number of ether oxygens (including phenoxy) is 2. The Morgan fingerprint density at radius 1 is 1.05 bits per heavy atom. The maximum Gasteiger partial charge on any atom is 0.246 e. The van der Waals surface area contributed by atoms with Gasteiger partial charge in [0.15, 0.2) is 5.82 Å². The van der Waals surface area contributed by atoms with Gasteiger partial charge >= 0.3 is 0 Å². The molecule has 10 heteroatoms. The average Bonchev–Trinajstić information content (AvgIpc) is 3.37. The number of carbonyl (C=O) groups excluding carboxylic acids is 1. The first kappa shape index (κ1) is 26.1. The molecule has 212 valence electrons. The highest BCUT2D eigenvalue weighted by atomic mass is 16.5. The van der Waals surface area contributed by atoms with Crippen molar-refractivity contribution < 1.29 is 14.3 Å². The Kier molecular flexibility index (Phi) is 6.54. The molecule has 2 aliphatic rings. The molecule has 0 aliphatic carbocycles. The van der Waals surface area contributed by atoms with Crippen LogP contribution in [0, 0.1) is 6.92 Å². The minimum absolute atomic E-state index is 0.0182. The van der Waals surface area contributed by atoms with Crippen molar-refractivity contribution in [2.75, 3.05) is 18.5 Å². The van der Waals surface area contributed by atoms with E-state index in [0.717, 1.165) is 57.8 Å². The normalized spacial score (nSPS) is 20.0. The average molecular weight is 562 g/mol. The number of amides is 1. The molecule has 2 fully saturated rings. The van der Waals surface area contributed by atoms with E-state index in [1.165, 1.54) is 6.08 Å². The molecule has 2 aliphatic heterocycles. The molecule has 0 radical (unpaired) electrons. The van der Waals surface area contributed by atoms with E-state index in [-0.39, 0.29) is 23.9 Å². The van der Waals surface area contributed by atoms with Crippen LogP contribution in [0.25, 0.3) is 22.1 Å². The molecule has 2 atom stereocenters. The number of hydrogen-bond donors (Lipinski definition) is 1. The van der Waals surface area contributed by atoms with Crippen LogP contribution in [0.3, 0.4) is 0 Å². The fraction of sp³-hybridized carbons (Fsp3) is 0.281. The van der Waals surface area contributed by atoms with Crippen LogP contribution in [0.2, 0.25) is 0 Å². The number of nitrogens with one attached hydrogen (secondary N) is 1. The van der Waals surface area contributed by atoms with E-state index >= 15 is 0 Å². The second kappa shape index (κ2) is 10.5. The zero-order chi connectivity index (χ0) is 28.8. The molecule has 7 rings (SSSR count). The van der Waals surface area contributed by atoms with Crippen LogP contribution in [0.15, 0.2) is 73.8 Å². The maximum atomic E-state index is 12.5. The third-order valence-corrected chi connectivity index (χ3v) is 8.23. The number of nitrogens with zero attached hydrogens (tertiary/aromatic N) is 6. The number of rotatable bonds is 6. The van der Waals surface area contributed by atoms with Crippen LogP contribution in [-0.2, 0) is 16.6 Å². The number of aryl methyl sites for hydroxylation is 2. The fourth-order valence-corrected chi connectivity index (χ4v) is 6.18. The minimum Gasteiger partial charge on any atom is -0.457 e. The zero-order valence-electron chi connectivity index (χ0n) is 23.5. The molecule has 42 heavy (non-hydrogen) atoms. The van der Waals surface area contributed by atoms with Crippen LogP contribution in [0.5, 0.6) is 11.5 Å². The summed E-state index contributed by atoms with van der Waals surface area (Å²) in [5.41, 5.74) is 6.24. The molecular formula is C32H31N7O3. The van der Waals surface area contributed by atoms with Crippen molar-refractivity contribution in [1.29, 1.82) is 0 Å². The van der Waals surface area contributed by atoms with Gasteiger partial charge in [-0.2, -0.15) is 0 Å². The molecule has 3 aromatic heterocycles. The number of pyridine rings is 1. The standard InChI is InChI=1S/C32H31N7O3/c1-4-30(40)39-22-12-20(13-23(39)16-41-15-22)25-7-8-26-31(37-25)32(34-17-33-26)36-21-5-10-29(19(2)11-21)42-24-6-9-28-27(14-24)35-18-38(28)3/h4-11,14,17-18,20,22-23H,1,12-13,15-16H2,2-3H3,(H,33,34,36). The van der Waals surface area contributed by atoms with Crippen LogP contribution < -0.4 is 10.1 Å². The quantitative estimate of drug-likeness (QED) is 0.274. The second-order valence-corrected chi connectivity index (χ2v) is 11.0. The van der Waals surface area contributed by atoms with Crippen molar-refractivity contribution in [1.82, 2.24) is 29.4 Å². The zero-order valence-corrected chi connectivity index (χ0v) is 23.5. The third-order valence-electron chi connectivity index (χ3n) is 8.23. The van der Waals surface area contributed by atoms with Crippen LogP contribution in [0.1, 0.15) is 30.0 Å². The summed E-state index contributed by atoms with van der Waals surface area (Å²) in [5, 5.41) is 3.44. The smallest absolute Gasteiger partial charge is 0.246 e. The van der Waals surface area contributed by atoms with E-state index < -0.39 is 0 Å². The molecule has 0 spiro atoms. The maximum absolute atomic E-state index is 12.5. The molecule has 1 N–H and O–H groups in total. The number of carbonyl (C=O) groups is 1. The summed E-state index contributed by atoms with van der Waals surface area (Å²) in [7, 11) is 1.97. The Morgan fingerprint density at radius 3 is 2.67 bits per heavy atom. The fourth-order valence-electron chi connectivity index (χ4n) is 6.18. The number of piperidine rings is 1. The number of morpholine rings is 1. The van der Waals surface area contributed by atoms with E-state index in [2.05, 4.69) is 26.8 Å². The summed E-state index contributed by atoms with van der Waals surface area (Å²) in [4.78, 5) is 32.9. The van der Waals surface area contributed by atoms with Gasteiger partial charge in [0.05, 0.1) is 48.2 Å². The predicted molar refractivity (Wildman–Crippen MR) is 160 cm³/mol. The Hall–Kier alpha value is -4.83. The molecule has 2 unspecified atom stereocenters. The number of benzene rings is 2. The first-order valence-corrected chi connectivity index (χ1v) is 14.1. The number of hydrogen-bond acceptors (Lipinski definition) is 8. The summed E-state index contributed by atoms with van der Waals surface area (Å²) in [5.74, 6) is 2.31. The lowest BCUT2D eigenvalue weighted by molar-refractivity contribution is -0.146. The van der Waals surface area contributed by atoms with Crippen molar-refractivity contribution in [2.24, 2.45) is 7.05 Å². The molecule has 10 nitrogen and oxygen atoms in total. The van der Waals surface area contributed by atoms with Crippen LogP contribution in [-0.4, -0.2) is 60.6 Å². The van der Waals surface area contributed by atoms with Gasteiger partial charge in [-0.3, -0.25) is 4.79 Å². The largest absolute Gasteiger partial charge is 0.457 e. The number of fused-ring (bicyclic) bond motifs is 4. The van der Waals surface area contributed by atoms with Gasteiger partial charge in [-0.05, 0) is 73.9 Å². The van der Waals surface area contributed by atoms with Crippen molar-refractivity contribution in [2.45, 2.75) is 37.8 Å². The highest BCUT2D eigenvalue weighted by molar-refractivity contribution is 5.88. The van der Waals surface area contributed by atoms with E-state index in [1.807, 2.05) is 72.0 Å². The van der Waals surface area contributed by atoms with E-state index in [4.69, 9.17) is 14.5 Å². The topological polar surface area (TPSA) is 107 Å². The van der Waals surface area contributed by atoms with Crippen LogP contribution in [0.4, 0.5) is 11.5 Å². The molecule has 2 bridgehead atoms. The summed E-state index contributed by atoms with van der Waals surface area (Å²) in [6, 6.07) is 15.9. The highest BCUT2D eigenvalue weighted by Gasteiger charge is 2.41. The lowest BCUT2D eigenvalue weighted by Crippen LogP contribution is -2.58. The number of aromatic nitrogens is 5. The van der Waals surface area contributed by atoms with Gasteiger partial charge in [-0.1, -0.05) is 6.58 Å². The summed E-state index contributed by atoms with van der Waals surface area (Å²) < 4.78 is 14.0. The van der Waals surface area contributed by atoms with Crippen molar-refractivity contribution in [3.05, 3.63) is 85.1 Å². The summed E-state index contributed by atoms with van der Waals surface area (Å²) >= 11 is 0. The van der Waals surface area contributed by atoms with Gasteiger partial charge in [0.1, 0.15) is 23.3 Å². The lowest BCUT2D eigenvalue weighted by Gasteiger charge is -2.48. The van der Waals surface area contributed by atoms with Gasteiger partial charge in [-0.25, -0.2) is 19.9 Å². The van der Waals surface area contributed by atoms with Gasteiger partial charge in [0, 0.05) is 30.4 Å². The Bertz CT molecular complexity index is 1820. The van der Waals surface area contributed by atoms with E-state index in [1.54, 1.807) is 12.7 Å². The number of imidazole rings is 1. The summed E-state index contributed by atoms with van der Waals surface area (Å²) in [6.45, 7) is 6.76. The first-order valence-electron chi connectivity index (χ1n) is 14.1. The summed E-state index contributed by atoms with van der Waals surface area (Å²) in [6.07, 6.45) is 6.32. The Balaban J connectivity index is 1.12. The molecule has 5 heterocycles. The molecule has 0 saturated carbocycles. The van der Waals surface area contributed by atoms with Crippen LogP contribution >= 0.6 is 0 Å². The second-order valence-electron chi connectivity index (χ2n) is 11.0. The first-order chi connectivity index (χ1) is 20.5. The lowest BCUT2D eigenvalue weighted by atomic mass is 9.82. The van der Waals surface area contributed by atoms with Crippen molar-refractivity contribution in [3.8, 4) is 11.5 Å². The molecule has 2 aromatic carbocycles. The van der Waals surface area contributed by atoms with Gasteiger partial charge in [-0.15, -0.1) is 0 Å². The van der Waals surface area contributed by atoms with E-state index in [0.29, 0.717) is 24.5 Å². The van der Waals surface area contributed by atoms with Crippen molar-refractivity contribution >= 4 is 39.5 Å². The highest BCUT2D eigenvalue weighted by Crippen LogP contribution is 2.38. The predicted octanol–water partition coefficient (Wildman–Crippen LogP) is 5.42. The van der Waals surface area contributed by atoms with Crippen molar-refractivity contribution in [3.63, 3.8) is 0 Å². The molecular weight excluding hydrogens is 530 g/mol. The SMILES string of the molecule is C=CC(=O)N1C2COCC1CC(c1ccc3ncnc(Nc4ccc(Oc5ccc6c(c5)ncn6C)c(C)c4)c3n1)C2. The third kappa shape index (κ3) is 4.73.